The second-order valence-corrected chi connectivity index (χ2v) is 5.44. The van der Waals surface area contributed by atoms with Gasteiger partial charge in [0.15, 0.2) is 0 Å². The summed E-state index contributed by atoms with van der Waals surface area (Å²) in [7, 11) is 0. The summed E-state index contributed by atoms with van der Waals surface area (Å²) in [6, 6.07) is 0. The zero-order valence-corrected chi connectivity index (χ0v) is 13.1. The fraction of sp³-hybridized carbons (Fsp3) is 0.733. The summed E-state index contributed by atoms with van der Waals surface area (Å²) in [5, 5.41) is 0. The molecule has 0 radical (unpaired) electrons. The van der Waals surface area contributed by atoms with Crippen molar-refractivity contribution in [2.24, 2.45) is 5.41 Å². The molecule has 0 N–H and O–H groups in total. The van der Waals surface area contributed by atoms with E-state index in [1.54, 1.807) is 20.6 Å². The molecule has 0 saturated carbocycles. The Morgan fingerprint density at radius 3 is 1.62 bits per heavy atom. The van der Waals surface area contributed by atoms with Gasteiger partial charge in [0, 0.05) is 0 Å². The summed E-state index contributed by atoms with van der Waals surface area (Å²) in [6.07, 6.45) is 6.19. The first-order valence-corrected chi connectivity index (χ1v) is 7.58. The molecule has 0 spiro atoms. The molecule has 0 amide bonds. The van der Waals surface area contributed by atoms with Crippen LogP contribution in [0.5, 0.6) is 0 Å². The van der Waals surface area contributed by atoms with Crippen LogP contribution in [0.15, 0.2) is 20.6 Å². The molecule has 1 rings (SSSR count). The van der Waals surface area contributed by atoms with Crippen molar-refractivity contribution >= 4 is 0 Å². The Bertz CT molecular complexity index is 316. The van der Waals surface area contributed by atoms with E-state index in [4.69, 9.17) is 0 Å². The van der Waals surface area contributed by atoms with Crippen LogP contribution in [0.3, 0.4) is 0 Å². The Labute approximate surface area is 113 Å². The molecule has 0 aromatic carbocycles. The molecule has 1 aliphatic rings. The normalized spacial score (nSPS) is 19.8. The van der Waals surface area contributed by atoms with E-state index in [1.807, 2.05) is 0 Å². The average Bonchev–Trinajstić information content (AvgIpc) is 2.56. The quantitative estimate of drug-likeness (QED) is 0.595. The molecule has 1 aliphatic carbocycles. The van der Waals surface area contributed by atoms with Gasteiger partial charge in [-0.15, -0.1) is 0 Å². The van der Waals surface area contributed by atoms with E-state index in [0.717, 1.165) is 0 Å². The molecular weight excluding hydrogens is 228 g/mol. The van der Waals surface area contributed by atoms with Crippen LogP contribution in [0.4, 0.5) is 0 Å². The first-order chi connectivity index (χ1) is 7.62. The Kier molecular flexibility index (Phi) is 5.07. The van der Waals surface area contributed by atoms with E-state index < -0.39 is 0 Å². The minimum atomic E-state index is 0.408. The van der Waals surface area contributed by atoms with Gasteiger partial charge in [-0.3, -0.25) is 0 Å². The number of allylic oxidation sites excluding steroid dienone is 4. The fourth-order valence-electron chi connectivity index (χ4n) is 3.46. The Balaban J connectivity index is 3.39. The van der Waals surface area contributed by atoms with Crippen molar-refractivity contribution in [3.8, 4) is 0 Å². The van der Waals surface area contributed by atoms with E-state index in [1.165, 1.54) is 32.1 Å². The SMILES string of the molecule is CCC1=[C]([Ti])C(CC)(CC)C(CC)=C1CC. The summed E-state index contributed by atoms with van der Waals surface area (Å²) in [5.41, 5.74) is 5.51. The summed E-state index contributed by atoms with van der Waals surface area (Å²) in [5.74, 6) is 0. The van der Waals surface area contributed by atoms with E-state index in [2.05, 4.69) is 55.1 Å². The molecule has 0 bridgehead atoms. The van der Waals surface area contributed by atoms with Crippen LogP contribution in [0, 0.1) is 5.41 Å². The zero-order chi connectivity index (χ0) is 12.3. The molecule has 16 heavy (non-hydrogen) atoms. The van der Waals surface area contributed by atoms with E-state index >= 15 is 0 Å². The molecule has 0 unspecified atom stereocenters. The fourth-order valence-corrected chi connectivity index (χ4v) is 4.76. The summed E-state index contributed by atoms with van der Waals surface area (Å²) in [4.78, 5) is 0. The minimum absolute atomic E-state index is 0.408. The van der Waals surface area contributed by atoms with Crippen molar-refractivity contribution in [3.63, 3.8) is 0 Å². The van der Waals surface area contributed by atoms with Gasteiger partial charge < -0.3 is 0 Å². The van der Waals surface area contributed by atoms with Gasteiger partial charge in [0.25, 0.3) is 0 Å². The van der Waals surface area contributed by atoms with Crippen molar-refractivity contribution in [2.45, 2.75) is 66.7 Å². The van der Waals surface area contributed by atoms with Gasteiger partial charge in [-0.05, 0) is 0 Å². The van der Waals surface area contributed by atoms with Crippen LogP contribution >= 0.6 is 0 Å². The van der Waals surface area contributed by atoms with Gasteiger partial charge in [0.2, 0.25) is 0 Å². The third-order valence-electron chi connectivity index (χ3n) is 4.35. The van der Waals surface area contributed by atoms with Crippen molar-refractivity contribution in [3.05, 3.63) is 20.6 Å². The van der Waals surface area contributed by atoms with Crippen molar-refractivity contribution < 1.29 is 20.4 Å². The molecule has 0 nitrogen and oxygen atoms in total. The third kappa shape index (κ3) is 1.89. The molecule has 0 heterocycles. The maximum absolute atomic E-state index is 2.38. The van der Waals surface area contributed by atoms with Crippen LogP contribution in [0.25, 0.3) is 0 Å². The van der Waals surface area contributed by atoms with E-state index in [0.29, 0.717) is 5.41 Å². The summed E-state index contributed by atoms with van der Waals surface area (Å²) in [6.45, 7) is 11.7. The van der Waals surface area contributed by atoms with Gasteiger partial charge >= 0.3 is 113 Å². The molecule has 1 heteroatoms. The Morgan fingerprint density at radius 2 is 1.31 bits per heavy atom. The predicted molar refractivity (Wildman–Crippen MR) is 67.9 cm³/mol. The number of hydrogen-bond donors (Lipinski definition) is 0. The molecule has 0 aliphatic heterocycles. The van der Waals surface area contributed by atoms with Gasteiger partial charge in [-0.1, -0.05) is 0 Å². The first-order valence-electron chi connectivity index (χ1n) is 6.80. The van der Waals surface area contributed by atoms with Gasteiger partial charge in [-0.2, -0.15) is 0 Å². The summed E-state index contributed by atoms with van der Waals surface area (Å²) >= 11 is 2.38. The number of rotatable bonds is 5. The van der Waals surface area contributed by atoms with Crippen molar-refractivity contribution in [2.75, 3.05) is 0 Å². The molecule has 0 fully saturated rings. The average molecular weight is 253 g/mol. The first kappa shape index (κ1) is 14.3. The van der Waals surface area contributed by atoms with Crippen LogP contribution in [-0.4, -0.2) is 0 Å². The van der Waals surface area contributed by atoms with Crippen molar-refractivity contribution in [1.82, 2.24) is 0 Å². The second-order valence-electron chi connectivity index (χ2n) is 4.66. The van der Waals surface area contributed by atoms with Gasteiger partial charge in [0.05, 0.1) is 0 Å². The Hall–Kier alpha value is 0.194. The monoisotopic (exact) mass is 253 g/mol. The van der Waals surface area contributed by atoms with Crippen LogP contribution in [0.1, 0.15) is 66.7 Å². The van der Waals surface area contributed by atoms with Crippen LogP contribution < -0.4 is 0 Å². The zero-order valence-electron chi connectivity index (χ0n) is 11.5. The predicted octanol–water partition coefficient (Wildman–Crippen LogP) is 5.13. The van der Waals surface area contributed by atoms with E-state index in [9.17, 15) is 0 Å². The summed E-state index contributed by atoms with van der Waals surface area (Å²) < 4.78 is 1.67. The van der Waals surface area contributed by atoms with Crippen LogP contribution in [0.2, 0.25) is 0 Å². The second kappa shape index (κ2) is 5.69. The maximum atomic E-state index is 2.38. The standard InChI is InChI=1S/C15H25.Ti/c1-6-12-11-15(9-4,10-5)14(8-3)13(12)7-2;/h6-10H2,1-5H3;. The van der Waals surface area contributed by atoms with Gasteiger partial charge in [-0.25, -0.2) is 0 Å². The molecule has 0 saturated heterocycles. The molecule has 0 aromatic heterocycles. The Morgan fingerprint density at radius 1 is 0.812 bits per heavy atom. The van der Waals surface area contributed by atoms with E-state index in [-0.39, 0.29) is 0 Å². The van der Waals surface area contributed by atoms with Gasteiger partial charge in [0.1, 0.15) is 0 Å². The molecule has 89 valence electrons. The molecular formula is C15H25Ti. The third-order valence-corrected chi connectivity index (χ3v) is 5.57. The topological polar surface area (TPSA) is 0 Å². The van der Waals surface area contributed by atoms with Crippen molar-refractivity contribution in [1.29, 1.82) is 0 Å². The molecule has 0 aromatic rings. The molecule has 0 atom stereocenters. The number of hydrogen-bond acceptors (Lipinski definition) is 0. The van der Waals surface area contributed by atoms with Crippen LogP contribution in [-0.2, 0) is 20.4 Å².